The fraction of sp³-hybridized carbons (Fsp3) is 0.630. The number of carbonyl (C=O) groups is 2. The number of esters is 1. The molecule has 2 aromatic rings. The van der Waals surface area contributed by atoms with Gasteiger partial charge in [0.25, 0.3) is 0 Å². The molecule has 196 valence electrons. The maximum atomic E-state index is 12.8. The van der Waals surface area contributed by atoms with Gasteiger partial charge in [0.2, 0.25) is 0 Å². The Bertz CT molecular complexity index is 1150. The Morgan fingerprint density at radius 3 is 2.64 bits per heavy atom. The predicted molar refractivity (Wildman–Crippen MR) is 132 cm³/mol. The lowest BCUT2D eigenvalue weighted by molar-refractivity contribution is -0.175. The maximum Gasteiger partial charge on any atom is 0.514 e. The van der Waals surface area contributed by atoms with E-state index in [1.54, 1.807) is 33.9 Å². The van der Waals surface area contributed by atoms with Crippen LogP contribution < -0.4 is 4.74 Å². The first-order chi connectivity index (χ1) is 17.1. The van der Waals surface area contributed by atoms with Crippen LogP contribution in [0.4, 0.5) is 4.79 Å². The monoisotopic (exact) mass is 500 g/mol. The van der Waals surface area contributed by atoms with Gasteiger partial charge < -0.3 is 29.0 Å². The average molecular weight is 501 g/mol. The largest absolute Gasteiger partial charge is 0.514 e. The quantitative estimate of drug-likeness (QED) is 0.486. The van der Waals surface area contributed by atoms with E-state index in [1.165, 1.54) is 12.7 Å². The van der Waals surface area contributed by atoms with Gasteiger partial charge in [-0.25, -0.2) is 4.79 Å². The summed E-state index contributed by atoms with van der Waals surface area (Å²) in [6.45, 7) is 7.12. The minimum Gasteiger partial charge on any atom is -0.469 e. The van der Waals surface area contributed by atoms with Crippen molar-refractivity contribution < 1.29 is 33.6 Å². The summed E-state index contributed by atoms with van der Waals surface area (Å²) in [6.07, 6.45) is 0.309. The van der Waals surface area contributed by atoms with Crippen LogP contribution >= 0.6 is 0 Å². The number of H-pyrrole nitrogens is 1. The molecule has 3 heterocycles. The van der Waals surface area contributed by atoms with Crippen LogP contribution in [0.1, 0.15) is 50.9 Å². The van der Waals surface area contributed by atoms with Crippen LogP contribution in [0.2, 0.25) is 0 Å². The Morgan fingerprint density at radius 1 is 1.17 bits per heavy atom. The number of ether oxygens (including phenoxy) is 4. The molecule has 0 spiro atoms. The molecule has 3 aliphatic rings. The van der Waals surface area contributed by atoms with Gasteiger partial charge in [-0.05, 0) is 69.6 Å². The van der Waals surface area contributed by atoms with Crippen molar-refractivity contribution in [1.82, 2.24) is 9.88 Å². The molecule has 0 bridgehead atoms. The number of aromatic nitrogens is 1. The molecule has 5 rings (SSSR count). The number of aromatic amines is 1. The third-order valence-electron chi connectivity index (χ3n) is 7.98. The highest BCUT2D eigenvalue weighted by Gasteiger charge is 2.53. The van der Waals surface area contributed by atoms with E-state index < -0.39 is 29.9 Å². The van der Waals surface area contributed by atoms with Crippen LogP contribution in [0.15, 0.2) is 18.2 Å². The van der Waals surface area contributed by atoms with Gasteiger partial charge in [-0.15, -0.1) is 0 Å². The molecule has 0 radical (unpaired) electrons. The van der Waals surface area contributed by atoms with Crippen molar-refractivity contribution in [2.24, 2.45) is 17.8 Å². The summed E-state index contributed by atoms with van der Waals surface area (Å²) in [5.74, 6) is -0.145. The smallest absolute Gasteiger partial charge is 0.469 e. The van der Waals surface area contributed by atoms with E-state index in [4.69, 9.17) is 18.9 Å². The molecule has 1 aliphatic carbocycles. The molecule has 1 unspecified atom stereocenters. The first-order valence-corrected chi connectivity index (χ1v) is 12.7. The third kappa shape index (κ3) is 4.48. The van der Waals surface area contributed by atoms with E-state index in [0.717, 1.165) is 42.5 Å². The number of methoxy groups -OCH3 is 2. The molecule has 1 saturated heterocycles. The van der Waals surface area contributed by atoms with Gasteiger partial charge in [0.1, 0.15) is 11.4 Å². The lowest BCUT2D eigenvalue weighted by Crippen LogP contribution is -2.57. The van der Waals surface area contributed by atoms with Gasteiger partial charge >= 0.3 is 12.1 Å². The lowest BCUT2D eigenvalue weighted by atomic mass is 9.64. The number of rotatable bonds is 3. The molecule has 1 aromatic carbocycles. The van der Waals surface area contributed by atoms with Gasteiger partial charge in [-0.3, -0.25) is 9.69 Å². The van der Waals surface area contributed by atoms with Crippen molar-refractivity contribution in [3.8, 4) is 5.75 Å². The Kier molecular flexibility index (Phi) is 6.51. The Labute approximate surface area is 211 Å². The number of fused-ring (bicyclic) bond motifs is 6. The summed E-state index contributed by atoms with van der Waals surface area (Å²) in [7, 11) is 2.94. The SMILES string of the molecule is COC(=O)[C@@H]1[C@@H](OC)[C@H](O)CC2CN3CCc4c([nH]c5cc(OC(=O)OC(C)(C)C)ccc45)[C@H]3C[C@@H]21. The normalized spacial score (nSPS) is 30.2. The molecular weight excluding hydrogens is 464 g/mol. The van der Waals surface area contributed by atoms with Gasteiger partial charge in [0.15, 0.2) is 0 Å². The number of benzene rings is 1. The highest BCUT2D eigenvalue weighted by Crippen LogP contribution is 2.50. The van der Waals surface area contributed by atoms with Crippen LogP contribution in [0, 0.1) is 17.8 Å². The summed E-state index contributed by atoms with van der Waals surface area (Å²) >= 11 is 0. The third-order valence-corrected chi connectivity index (χ3v) is 7.98. The summed E-state index contributed by atoms with van der Waals surface area (Å²) in [5, 5.41) is 11.8. The van der Waals surface area contributed by atoms with Crippen molar-refractivity contribution in [3.05, 3.63) is 29.5 Å². The standard InChI is InChI=1S/C27H36N2O7/c1-27(2,3)36-26(32)35-15-6-7-16-17-8-9-29-13-14-10-21(30)24(33-4)22(25(31)34-5)18(14)12-20(29)23(17)28-19(16)11-15/h6-7,11,14,18,20-22,24,28,30H,8-10,12-13H2,1-5H3/t14?,18-,20+,21+,22-,24-/m0/s1. The van der Waals surface area contributed by atoms with Crippen molar-refractivity contribution >= 4 is 23.0 Å². The number of nitrogens with zero attached hydrogens (tertiary/aromatic N) is 1. The van der Waals surface area contributed by atoms with Gasteiger partial charge in [-0.1, -0.05) is 0 Å². The molecular formula is C27H36N2O7. The number of carbonyl (C=O) groups excluding carboxylic acids is 2. The van der Waals surface area contributed by atoms with Crippen molar-refractivity contribution in [3.63, 3.8) is 0 Å². The van der Waals surface area contributed by atoms with E-state index in [-0.39, 0.29) is 23.8 Å². The van der Waals surface area contributed by atoms with Gasteiger partial charge in [0.05, 0.1) is 31.3 Å². The lowest BCUT2D eigenvalue weighted by Gasteiger charge is -2.52. The number of aliphatic hydroxyl groups excluding tert-OH is 1. The topological polar surface area (TPSA) is 110 Å². The average Bonchev–Trinajstić information content (AvgIpc) is 3.18. The Balaban J connectivity index is 1.43. The Morgan fingerprint density at radius 2 is 1.94 bits per heavy atom. The fourth-order valence-corrected chi connectivity index (χ4v) is 6.57. The fourth-order valence-electron chi connectivity index (χ4n) is 6.57. The molecule has 2 N–H and O–H groups in total. The summed E-state index contributed by atoms with van der Waals surface area (Å²) < 4.78 is 21.4. The zero-order valence-electron chi connectivity index (χ0n) is 21.6. The zero-order chi connectivity index (χ0) is 25.8. The Hall–Kier alpha value is -2.62. The van der Waals surface area contributed by atoms with Crippen LogP contribution in [-0.2, 0) is 25.4 Å². The van der Waals surface area contributed by atoms with Crippen molar-refractivity contribution in [1.29, 1.82) is 0 Å². The zero-order valence-corrected chi connectivity index (χ0v) is 21.6. The summed E-state index contributed by atoms with van der Waals surface area (Å²) in [5.41, 5.74) is 2.69. The first-order valence-electron chi connectivity index (χ1n) is 12.7. The minimum absolute atomic E-state index is 0.0514. The number of piperidine rings is 1. The van der Waals surface area contributed by atoms with E-state index in [1.807, 2.05) is 12.1 Å². The highest BCUT2D eigenvalue weighted by molar-refractivity contribution is 5.87. The molecule has 9 nitrogen and oxygen atoms in total. The molecule has 2 aliphatic heterocycles. The molecule has 36 heavy (non-hydrogen) atoms. The highest BCUT2D eigenvalue weighted by atomic mass is 16.7. The molecule has 2 fully saturated rings. The van der Waals surface area contributed by atoms with Crippen LogP contribution in [0.5, 0.6) is 5.75 Å². The molecule has 9 heteroatoms. The van der Waals surface area contributed by atoms with Gasteiger partial charge in [-0.2, -0.15) is 0 Å². The first kappa shape index (κ1) is 25.0. The van der Waals surface area contributed by atoms with Gasteiger partial charge in [0, 0.05) is 42.9 Å². The van der Waals surface area contributed by atoms with E-state index >= 15 is 0 Å². The maximum absolute atomic E-state index is 12.8. The van der Waals surface area contributed by atoms with Crippen LogP contribution in [0.3, 0.4) is 0 Å². The number of nitrogens with one attached hydrogen (secondary N) is 1. The number of hydrogen-bond donors (Lipinski definition) is 2. The van der Waals surface area contributed by atoms with Crippen LogP contribution in [-0.4, -0.2) is 72.2 Å². The second-order valence-electron chi connectivity index (χ2n) is 11.3. The second-order valence-corrected chi connectivity index (χ2v) is 11.3. The minimum atomic E-state index is -0.733. The molecule has 1 saturated carbocycles. The summed E-state index contributed by atoms with van der Waals surface area (Å²) in [6, 6.07) is 5.74. The van der Waals surface area contributed by atoms with E-state index in [0.29, 0.717) is 12.2 Å². The molecule has 6 atom stereocenters. The summed E-state index contributed by atoms with van der Waals surface area (Å²) in [4.78, 5) is 31.0. The number of hydrogen-bond acceptors (Lipinski definition) is 8. The molecule has 1 aromatic heterocycles. The van der Waals surface area contributed by atoms with Crippen molar-refractivity contribution in [2.75, 3.05) is 27.3 Å². The predicted octanol–water partition coefficient (Wildman–Crippen LogP) is 3.59. The van der Waals surface area contributed by atoms with E-state index in [9.17, 15) is 14.7 Å². The second kappa shape index (κ2) is 9.36. The van der Waals surface area contributed by atoms with Crippen LogP contribution in [0.25, 0.3) is 10.9 Å². The van der Waals surface area contributed by atoms with Crippen molar-refractivity contribution in [2.45, 2.75) is 63.9 Å². The number of aliphatic hydroxyl groups is 1. The van der Waals surface area contributed by atoms with E-state index in [2.05, 4.69) is 9.88 Å². The molecule has 0 amide bonds.